The molecule has 1 aromatic heterocycles. The first-order chi connectivity index (χ1) is 15.3. The van der Waals surface area contributed by atoms with Crippen LogP contribution in [-0.2, 0) is 9.53 Å². The summed E-state index contributed by atoms with van der Waals surface area (Å²) in [6, 6.07) is 13.8. The van der Waals surface area contributed by atoms with E-state index in [1.54, 1.807) is 6.92 Å². The van der Waals surface area contributed by atoms with Crippen LogP contribution < -0.4 is 10.1 Å². The molecule has 0 bridgehead atoms. The monoisotopic (exact) mass is 451 g/mol. The molecule has 1 N–H and O–H groups in total. The summed E-state index contributed by atoms with van der Waals surface area (Å²) in [5, 5.41) is 5.16. The summed E-state index contributed by atoms with van der Waals surface area (Å²) in [5.41, 5.74) is 5.33. The van der Waals surface area contributed by atoms with Gasteiger partial charge >= 0.3 is 5.97 Å². The van der Waals surface area contributed by atoms with Crippen molar-refractivity contribution in [3.63, 3.8) is 0 Å². The Balaban J connectivity index is 1.82. The van der Waals surface area contributed by atoms with Gasteiger partial charge in [0.15, 0.2) is 6.61 Å². The summed E-state index contributed by atoms with van der Waals surface area (Å²) < 4.78 is 11.0. The van der Waals surface area contributed by atoms with E-state index >= 15 is 0 Å². The van der Waals surface area contributed by atoms with Gasteiger partial charge in [-0.2, -0.15) is 0 Å². The van der Waals surface area contributed by atoms with Crippen LogP contribution in [0.4, 0.5) is 5.00 Å². The lowest BCUT2D eigenvalue weighted by atomic mass is 9.98. The molecule has 0 saturated carbocycles. The van der Waals surface area contributed by atoms with E-state index in [9.17, 15) is 9.59 Å². The number of esters is 1. The van der Waals surface area contributed by atoms with Crippen molar-refractivity contribution in [1.29, 1.82) is 0 Å². The molecule has 0 aliphatic heterocycles. The van der Waals surface area contributed by atoms with Gasteiger partial charge in [0, 0.05) is 10.9 Å². The number of anilines is 1. The highest BCUT2D eigenvalue weighted by Gasteiger charge is 2.23. The SMILES string of the molecule is CCOC(=O)c1c(-c2ccc(C(C)C)cc2)csc1NC(=O)COc1cccc(C)c1C. The minimum absolute atomic E-state index is 0.150. The van der Waals surface area contributed by atoms with E-state index in [1.807, 2.05) is 49.6 Å². The second-order valence-electron chi connectivity index (χ2n) is 7.89. The Labute approximate surface area is 193 Å². The fraction of sp³-hybridized carbons (Fsp3) is 0.308. The summed E-state index contributed by atoms with van der Waals surface area (Å²) in [6.07, 6.45) is 0. The average Bonchev–Trinajstić information content (AvgIpc) is 3.18. The van der Waals surface area contributed by atoms with Gasteiger partial charge in [-0.1, -0.05) is 50.2 Å². The van der Waals surface area contributed by atoms with Crippen LogP contribution in [0.5, 0.6) is 5.75 Å². The van der Waals surface area contributed by atoms with Gasteiger partial charge in [0.25, 0.3) is 5.91 Å². The molecule has 0 spiro atoms. The number of thiophene rings is 1. The molecule has 0 fully saturated rings. The van der Waals surface area contributed by atoms with Crippen LogP contribution in [0.1, 0.15) is 53.7 Å². The van der Waals surface area contributed by atoms with Crippen LogP contribution in [-0.4, -0.2) is 25.1 Å². The Morgan fingerprint density at radius 3 is 2.44 bits per heavy atom. The van der Waals surface area contributed by atoms with Gasteiger partial charge in [0.05, 0.1) is 6.61 Å². The van der Waals surface area contributed by atoms with E-state index in [1.165, 1.54) is 16.9 Å². The lowest BCUT2D eigenvalue weighted by molar-refractivity contribution is -0.118. The third-order valence-corrected chi connectivity index (χ3v) is 6.22. The predicted molar refractivity (Wildman–Crippen MR) is 130 cm³/mol. The standard InChI is InChI=1S/C26H29NO4S/c1-6-30-26(29)24-21(20-12-10-19(11-13-20)16(2)3)15-32-25(24)27-23(28)14-31-22-9-7-8-17(4)18(22)5/h7-13,15-16H,6,14H2,1-5H3,(H,27,28). The first-order valence-corrected chi connectivity index (χ1v) is 11.6. The fourth-order valence-corrected chi connectivity index (χ4v) is 4.28. The van der Waals surface area contributed by atoms with E-state index in [0.717, 1.165) is 22.3 Å². The van der Waals surface area contributed by atoms with Crippen molar-refractivity contribution in [1.82, 2.24) is 0 Å². The molecule has 0 aliphatic rings. The molecular weight excluding hydrogens is 422 g/mol. The highest BCUT2D eigenvalue weighted by atomic mass is 32.1. The number of amides is 1. The van der Waals surface area contributed by atoms with E-state index in [0.29, 0.717) is 22.2 Å². The van der Waals surface area contributed by atoms with Crippen molar-refractivity contribution >= 4 is 28.2 Å². The van der Waals surface area contributed by atoms with Crippen molar-refractivity contribution < 1.29 is 19.1 Å². The Hall–Kier alpha value is -3.12. The molecule has 0 aliphatic carbocycles. The van der Waals surface area contributed by atoms with Crippen molar-refractivity contribution in [3.8, 4) is 16.9 Å². The average molecular weight is 452 g/mol. The number of aryl methyl sites for hydroxylation is 1. The molecule has 3 aromatic rings. The minimum atomic E-state index is -0.456. The first kappa shape index (κ1) is 23.5. The van der Waals surface area contributed by atoms with Crippen LogP contribution in [0.15, 0.2) is 47.8 Å². The fourth-order valence-electron chi connectivity index (χ4n) is 3.30. The number of hydrogen-bond acceptors (Lipinski definition) is 5. The smallest absolute Gasteiger partial charge is 0.341 e. The molecule has 0 radical (unpaired) electrons. The Kier molecular flexibility index (Phi) is 7.70. The van der Waals surface area contributed by atoms with Gasteiger partial charge < -0.3 is 14.8 Å². The van der Waals surface area contributed by atoms with E-state index in [-0.39, 0.29) is 19.1 Å². The Morgan fingerprint density at radius 1 is 1.06 bits per heavy atom. The number of hydrogen-bond donors (Lipinski definition) is 1. The number of carbonyl (C=O) groups is 2. The van der Waals surface area contributed by atoms with Gasteiger partial charge in [-0.15, -0.1) is 11.3 Å². The lowest BCUT2D eigenvalue weighted by Crippen LogP contribution is -2.21. The molecule has 1 amide bonds. The summed E-state index contributed by atoms with van der Waals surface area (Å²) >= 11 is 1.30. The third kappa shape index (κ3) is 5.37. The number of ether oxygens (including phenoxy) is 2. The number of benzene rings is 2. The molecule has 0 unspecified atom stereocenters. The molecule has 2 aromatic carbocycles. The van der Waals surface area contributed by atoms with E-state index in [4.69, 9.17) is 9.47 Å². The molecule has 0 atom stereocenters. The molecule has 5 nitrogen and oxygen atoms in total. The highest BCUT2D eigenvalue weighted by Crippen LogP contribution is 2.36. The van der Waals surface area contributed by atoms with Crippen LogP contribution in [0.3, 0.4) is 0 Å². The van der Waals surface area contributed by atoms with Gasteiger partial charge in [-0.3, -0.25) is 4.79 Å². The zero-order valence-electron chi connectivity index (χ0n) is 19.2. The summed E-state index contributed by atoms with van der Waals surface area (Å²) in [6.45, 7) is 10.1. The number of rotatable bonds is 8. The minimum Gasteiger partial charge on any atom is -0.483 e. The summed E-state index contributed by atoms with van der Waals surface area (Å²) in [4.78, 5) is 25.3. The molecule has 32 heavy (non-hydrogen) atoms. The van der Waals surface area contributed by atoms with E-state index < -0.39 is 5.97 Å². The Morgan fingerprint density at radius 2 is 1.78 bits per heavy atom. The lowest BCUT2D eigenvalue weighted by Gasteiger charge is -2.12. The van der Waals surface area contributed by atoms with Crippen molar-refractivity contribution in [2.24, 2.45) is 0 Å². The van der Waals surface area contributed by atoms with Crippen LogP contribution >= 0.6 is 11.3 Å². The topological polar surface area (TPSA) is 64.6 Å². The second kappa shape index (κ2) is 10.5. The maximum atomic E-state index is 12.7. The first-order valence-electron chi connectivity index (χ1n) is 10.7. The molecule has 0 saturated heterocycles. The number of carbonyl (C=O) groups excluding carboxylic acids is 2. The van der Waals surface area contributed by atoms with Crippen molar-refractivity contribution in [3.05, 3.63) is 70.1 Å². The molecule has 1 heterocycles. The Bertz CT molecular complexity index is 1100. The van der Waals surface area contributed by atoms with Gasteiger partial charge in [-0.05, 0) is 55.0 Å². The second-order valence-corrected chi connectivity index (χ2v) is 8.77. The largest absolute Gasteiger partial charge is 0.483 e. The predicted octanol–water partition coefficient (Wildman–Crippen LogP) is 6.35. The van der Waals surface area contributed by atoms with Crippen molar-refractivity contribution in [2.75, 3.05) is 18.5 Å². The zero-order valence-corrected chi connectivity index (χ0v) is 20.0. The number of nitrogens with one attached hydrogen (secondary N) is 1. The van der Waals surface area contributed by atoms with Crippen molar-refractivity contribution in [2.45, 2.75) is 40.5 Å². The summed E-state index contributed by atoms with van der Waals surface area (Å²) in [5.74, 6) is 0.299. The quantitative estimate of drug-likeness (QED) is 0.405. The zero-order chi connectivity index (χ0) is 23.3. The molecule has 3 rings (SSSR count). The molecule has 6 heteroatoms. The van der Waals surface area contributed by atoms with E-state index in [2.05, 4.69) is 31.3 Å². The summed E-state index contributed by atoms with van der Waals surface area (Å²) in [7, 11) is 0. The van der Waals surface area contributed by atoms with Crippen LogP contribution in [0.2, 0.25) is 0 Å². The van der Waals surface area contributed by atoms with Crippen LogP contribution in [0.25, 0.3) is 11.1 Å². The molecule has 168 valence electrons. The normalized spacial score (nSPS) is 10.8. The van der Waals surface area contributed by atoms with Gasteiger partial charge in [0.2, 0.25) is 0 Å². The highest BCUT2D eigenvalue weighted by molar-refractivity contribution is 7.15. The van der Waals surface area contributed by atoms with Crippen LogP contribution in [0, 0.1) is 13.8 Å². The van der Waals surface area contributed by atoms with Gasteiger partial charge in [-0.25, -0.2) is 4.79 Å². The maximum absolute atomic E-state index is 12.7. The van der Waals surface area contributed by atoms with Gasteiger partial charge in [0.1, 0.15) is 16.3 Å². The maximum Gasteiger partial charge on any atom is 0.341 e. The third-order valence-electron chi connectivity index (χ3n) is 5.33. The molecular formula is C26H29NO4S.